The number of rotatable bonds is 3. The van der Waals surface area contributed by atoms with Crippen LogP contribution >= 0.6 is 11.8 Å². The highest BCUT2D eigenvalue weighted by atomic mass is 32.2. The SMILES string of the molecule is CCNc1ncc(F)c(SC)n1. The standard InChI is InChI=1S/C7H10FN3S/c1-3-9-7-10-4-5(8)6(11-7)12-2/h4H,3H2,1-2H3,(H,9,10,11). The van der Waals surface area contributed by atoms with Crippen LogP contribution in [0, 0.1) is 5.82 Å². The normalized spacial score (nSPS) is 9.92. The van der Waals surface area contributed by atoms with Crippen molar-refractivity contribution in [2.24, 2.45) is 0 Å². The van der Waals surface area contributed by atoms with E-state index in [9.17, 15) is 4.39 Å². The summed E-state index contributed by atoms with van der Waals surface area (Å²) in [6.07, 6.45) is 2.96. The molecule has 0 amide bonds. The quantitative estimate of drug-likeness (QED) is 0.578. The van der Waals surface area contributed by atoms with Crippen molar-refractivity contribution in [1.29, 1.82) is 0 Å². The van der Waals surface area contributed by atoms with Gasteiger partial charge in [0.25, 0.3) is 0 Å². The van der Waals surface area contributed by atoms with E-state index in [0.717, 1.165) is 6.54 Å². The van der Waals surface area contributed by atoms with E-state index in [1.54, 1.807) is 6.26 Å². The minimum Gasteiger partial charge on any atom is -0.354 e. The van der Waals surface area contributed by atoms with Crippen molar-refractivity contribution >= 4 is 17.7 Å². The first-order valence-corrected chi connectivity index (χ1v) is 4.80. The third-order valence-electron chi connectivity index (χ3n) is 1.24. The van der Waals surface area contributed by atoms with Crippen LogP contribution in [0.3, 0.4) is 0 Å². The Hall–Kier alpha value is -0.840. The molecule has 1 N–H and O–H groups in total. The first-order valence-electron chi connectivity index (χ1n) is 3.58. The number of anilines is 1. The van der Waals surface area contributed by atoms with E-state index >= 15 is 0 Å². The van der Waals surface area contributed by atoms with Crippen molar-refractivity contribution in [2.45, 2.75) is 11.9 Å². The zero-order valence-electron chi connectivity index (χ0n) is 6.97. The van der Waals surface area contributed by atoms with Gasteiger partial charge < -0.3 is 5.32 Å². The summed E-state index contributed by atoms with van der Waals surface area (Å²) in [6.45, 7) is 2.67. The minimum atomic E-state index is -0.371. The molecule has 3 nitrogen and oxygen atoms in total. The summed E-state index contributed by atoms with van der Waals surface area (Å²) < 4.78 is 12.8. The van der Waals surface area contributed by atoms with Crippen LogP contribution in [-0.2, 0) is 0 Å². The highest BCUT2D eigenvalue weighted by molar-refractivity contribution is 7.98. The van der Waals surface area contributed by atoms with E-state index in [0.29, 0.717) is 11.0 Å². The lowest BCUT2D eigenvalue weighted by Crippen LogP contribution is -2.03. The molecule has 0 aliphatic rings. The molecule has 0 aliphatic heterocycles. The Balaban J connectivity index is 2.89. The molecule has 0 spiro atoms. The van der Waals surface area contributed by atoms with Gasteiger partial charge in [0.1, 0.15) is 5.03 Å². The zero-order chi connectivity index (χ0) is 8.97. The van der Waals surface area contributed by atoms with Crippen LogP contribution in [0.2, 0.25) is 0 Å². The van der Waals surface area contributed by atoms with Crippen molar-refractivity contribution in [3.8, 4) is 0 Å². The maximum Gasteiger partial charge on any atom is 0.223 e. The Morgan fingerprint density at radius 2 is 2.42 bits per heavy atom. The first-order chi connectivity index (χ1) is 5.77. The average molecular weight is 187 g/mol. The largest absolute Gasteiger partial charge is 0.354 e. The zero-order valence-corrected chi connectivity index (χ0v) is 7.78. The number of nitrogens with zero attached hydrogens (tertiary/aromatic N) is 2. The van der Waals surface area contributed by atoms with Crippen LogP contribution in [0.25, 0.3) is 0 Å². The lowest BCUT2D eigenvalue weighted by Gasteiger charge is -2.02. The van der Waals surface area contributed by atoms with E-state index in [1.807, 2.05) is 6.92 Å². The van der Waals surface area contributed by atoms with E-state index in [-0.39, 0.29) is 5.82 Å². The second kappa shape index (κ2) is 4.25. The van der Waals surface area contributed by atoms with E-state index in [4.69, 9.17) is 0 Å². The Morgan fingerprint density at radius 1 is 1.67 bits per heavy atom. The molecule has 0 unspecified atom stereocenters. The van der Waals surface area contributed by atoms with Gasteiger partial charge in [0.2, 0.25) is 5.95 Å². The summed E-state index contributed by atoms with van der Waals surface area (Å²) in [5, 5.41) is 3.28. The smallest absolute Gasteiger partial charge is 0.223 e. The molecular formula is C7H10FN3S. The van der Waals surface area contributed by atoms with E-state index in [1.165, 1.54) is 18.0 Å². The number of aromatic nitrogens is 2. The Labute approximate surface area is 74.8 Å². The van der Waals surface area contributed by atoms with Crippen molar-refractivity contribution < 1.29 is 4.39 Å². The van der Waals surface area contributed by atoms with Gasteiger partial charge in [-0.2, -0.15) is 0 Å². The molecule has 0 radical (unpaired) electrons. The van der Waals surface area contributed by atoms with Gasteiger partial charge in [0, 0.05) is 6.54 Å². The Kier molecular flexibility index (Phi) is 3.28. The lowest BCUT2D eigenvalue weighted by molar-refractivity contribution is 0.580. The van der Waals surface area contributed by atoms with Gasteiger partial charge in [-0.05, 0) is 13.2 Å². The molecule has 0 fully saturated rings. The van der Waals surface area contributed by atoms with Crippen LogP contribution < -0.4 is 5.32 Å². The summed E-state index contributed by atoms with van der Waals surface area (Å²) in [5.41, 5.74) is 0. The molecule has 12 heavy (non-hydrogen) atoms. The van der Waals surface area contributed by atoms with Crippen molar-refractivity contribution in [1.82, 2.24) is 9.97 Å². The molecular weight excluding hydrogens is 177 g/mol. The lowest BCUT2D eigenvalue weighted by atomic mass is 10.6. The molecule has 1 heterocycles. The number of thioether (sulfide) groups is 1. The highest BCUT2D eigenvalue weighted by Crippen LogP contribution is 2.16. The highest BCUT2D eigenvalue weighted by Gasteiger charge is 2.03. The predicted octanol–water partition coefficient (Wildman–Crippen LogP) is 1.77. The third-order valence-corrected chi connectivity index (χ3v) is 1.91. The second-order valence-electron chi connectivity index (χ2n) is 2.08. The molecule has 0 bridgehead atoms. The third kappa shape index (κ3) is 2.07. The molecule has 5 heteroatoms. The van der Waals surface area contributed by atoms with Crippen LogP contribution in [0.15, 0.2) is 11.2 Å². The van der Waals surface area contributed by atoms with Crippen molar-refractivity contribution in [3.63, 3.8) is 0 Å². The fourth-order valence-corrected chi connectivity index (χ4v) is 1.16. The van der Waals surface area contributed by atoms with Gasteiger partial charge in [-0.25, -0.2) is 14.4 Å². The van der Waals surface area contributed by atoms with Crippen LogP contribution in [0.5, 0.6) is 0 Å². The number of nitrogens with one attached hydrogen (secondary N) is 1. The Bertz CT molecular complexity index is 267. The molecule has 0 atom stereocenters. The summed E-state index contributed by atoms with van der Waals surface area (Å²) in [5.74, 6) is 0.104. The van der Waals surface area contributed by atoms with Crippen molar-refractivity contribution in [3.05, 3.63) is 12.0 Å². The van der Waals surface area contributed by atoms with Crippen LogP contribution in [0.4, 0.5) is 10.3 Å². The summed E-state index contributed by atoms with van der Waals surface area (Å²) in [6, 6.07) is 0. The molecule has 66 valence electrons. The average Bonchev–Trinajstić information content (AvgIpc) is 2.09. The van der Waals surface area contributed by atoms with E-state index in [2.05, 4.69) is 15.3 Å². The summed E-state index contributed by atoms with van der Waals surface area (Å²) in [7, 11) is 0. The number of hydrogen-bond acceptors (Lipinski definition) is 4. The molecule has 1 rings (SSSR count). The number of hydrogen-bond donors (Lipinski definition) is 1. The fourth-order valence-electron chi connectivity index (χ4n) is 0.738. The van der Waals surface area contributed by atoms with Gasteiger partial charge >= 0.3 is 0 Å². The van der Waals surface area contributed by atoms with Crippen LogP contribution in [0.1, 0.15) is 6.92 Å². The van der Waals surface area contributed by atoms with Crippen LogP contribution in [-0.4, -0.2) is 22.8 Å². The maximum atomic E-state index is 12.8. The first kappa shape index (κ1) is 9.25. The predicted molar refractivity (Wildman–Crippen MR) is 47.9 cm³/mol. The summed E-state index contributed by atoms with van der Waals surface area (Å²) in [4.78, 5) is 7.71. The minimum absolute atomic E-state index is 0.371. The number of halogens is 1. The maximum absolute atomic E-state index is 12.8. The van der Waals surface area contributed by atoms with Gasteiger partial charge in [0.05, 0.1) is 6.20 Å². The fraction of sp³-hybridized carbons (Fsp3) is 0.429. The van der Waals surface area contributed by atoms with Gasteiger partial charge in [0.15, 0.2) is 5.82 Å². The molecule has 1 aromatic heterocycles. The van der Waals surface area contributed by atoms with E-state index < -0.39 is 0 Å². The van der Waals surface area contributed by atoms with Gasteiger partial charge in [-0.1, -0.05) is 0 Å². The molecule has 0 saturated carbocycles. The molecule has 0 saturated heterocycles. The topological polar surface area (TPSA) is 37.8 Å². The van der Waals surface area contributed by atoms with Gasteiger partial charge in [-0.15, -0.1) is 11.8 Å². The second-order valence-corrected chi connectivity index (χ2v) is 2.88. The van der Waals surface area contributed by atoms with Crippen molar-refractivity contribution in [2.75, 3.05) is 18.1 Å². The molecule has 0 aromatic carbocycles. The van der Waals surface area contributed by atoms with Gasteiger partial charge in [-0.3, -0.25) is 0 Å². The summed E-state index contributed by atoms with van der Waals surface area (Å²) >= 11 is 1.27. The monoisotopic (exact) mass is 187 g/mol. The Morgan fingerprint density at radius 3 is 3.00 bits per heavy atom. The molecule has 0 aliphatic carbocycles. The molecule has 1 aromatic rings.